The number of rotatable bonds is 8. The van der Waals surface area contributed by atoms with E-state index in [0.29, 0.717) is 10.7 Å². The maximum absolute atomic E-state index is 12.1. The van der Waals surface area contributed by atoms with Gasteiger partial charge < -0.3 is 20.7 Å². The van der Waals surface area contributed by atoms with Crippen molar-refractivity contribution < 1.29 is 23.9 Å². The van der Waals surface area contributed by atoms with Crippen LogP contribution < -0.4 is 16.0 Å². The highest BCUT2D eigenvalue weighted by Gasteiger charge is 2.14. The van der Waals surface area contributed by atoms with Gasteiger partial charge in [-0.05, 0) is 50.1 Å². The molecule has 0 aliphatic rings. The molecular formula is C22H23Cl2N3O5. The van der Waals surface area contributed by atoms with Gasteiger partial charge in [-0.3, -0.25) is 19.2 Å². The summed E-state index contributed by atoms with van der Waals surface area (Å²) in [5.74, 6) is -2.47. The fourth-order valence-corrected chi connectivity index (χ4v) is 3.41. The molecule has 0 unspecified atom stereocenters. The summed E-state index contributed by atoms with van der Waals surface area (Å²) < 4.78 is 4.87. The first kappa shape index (κ1) is 25.2. The Morgan fingerprint density at radius 2 is 1.53 bits per heavy atom. The molecule has 0 bridgehead atoms. The topological polar surface area (TPSA) is 114 Å². The fourth-order valence-electron chi connectivity index (χ4n) is 2.91. The first-order valence-electron chi connectivity index (χ1n) is 9.60. The number of aryl methyl sites for hydroxylation is 3. The molecule has 8 nitrogen and oxygen atoms in total. The van der Waals surface area contributed by atoms with Gasteiger partial charge in [0.05, 0.1) is 17.1 Å². The van der Waals surface area contributed by atoms with Crippen LogP contribution in [0.2, 0.25) is 10.0 Å². The number of hydrogen-bond donors (Lipinski definition) is 3. The lowest BCUT2D eigenvalue weighted by atomic mass is 10.1. The third-order valence-electron chi connectivity index (χ3n) is 4.32. The Morgan fingerprint density at radius 3 is 2.16 bits per heavy atom. The molecule has 0 spiro atoms. The highest BCUT2D eigenvalue weighted by molar-refractivity contribution is 6.36. The van der Waals surface area contributed by atoms with Crippen LogP contribution in [0.4, 0.5) is 5.69 Å². The number of amides is 3. The highest BCUT2D eigenvalue weighted by atomic mass is 35.5. The van der Waals surface area contributed by atoms with Gasteiger partial charge in [0, 0.05) is 10.7 Å². The predicted octanol–water partition coefficient (Wildman–Crippen LogP) is 2.95. The minimum atomic E-state index is -0.794. The van der Waals surface area contributed by atoms with Crippen molar-refractivity contribution in [2.75, 3.05) is 25.0 Å². The van der Waals surface area contributed by atoms with Crippen molar-refractivity contribution >= 4 is 52.6 Å². The van der Waals surface area contributed by atoms with Crippen LogP contribution in [0.15, 0.2) is 30.3 Å². The summed E-state index contributed by atoms with van der Waals surface area (Å²) in [5, 5.41) is 7.91. The van der Waals surface area contributed by atoms with E-state index in [2.05, 4.69) is 16.0 Å². The Morgan fingerprint density at radius 1 is 0.875 bits per heavy atom. The maximum atomic E-state index is 12.1. The molecule has 3 N–H and O–H groups in total. The van der Waals surface area contributed by atoms with Crippen molar-refractivity contribution in [3.8, 4) is 0 Å². The second-order valence-corrected chi connectivity index (χ2v) is 7.91. The van der Waals surface area contributed by atoms with Crippen LogP contribution in [0.25, 0.3) is 0 Å². The van der Waals surface area contributed by atoms with Gasteiger partial charge in [-0.15, -0.1) is 0 Å². The lowest BCUT2D eigenvalue weighted by Gasteiger charge is -2.13. The van der Waals surface area contributed by atoms with Crippen molar-refractivity contribution in [2.24, 2.45) is 0 Å². The maximum Gasteiger partial charge on any atom is 0.325 e. The fraction of sp³-hybridized carbons (Fsp3) is 0.273. The predicted molar refractivity (Wildman–Crippen MR) is 122 cm³/mol. The molecule has 0 saturated heterocycles. The number of hydrogen-bond acceptors (Lipinski definition) is 5. The molecule has 0 aliphatic heterocycles. The second-order valence-electron chi connectivity index (χ2n) is 7.07. The summed E-state index contributed by atoms with van der Waals surface area (Å²) in [6, 6.07) is 8.20. The van der Waals surface area contributed by atoms with Crippen LogP contribution in [-0.4, -0.2) is 43.4 Å². The van der Waals surface area contributed by atoms with E-state index in [-0.39, 0.29) is 17.1 Å². The Balaban J connectivity index is 1.71. The molecule has 0 aromatic heterocycles. The number of halogens is 2. The SMILES string of the molecule is Cc1cc(C)c(NC(=O)COC(=O)CNC(=O)CNC(=O)c2ccc(Cl)cc2Cl)c(C)c1. The minimum absolute atomic E-state index is 0.147. The average molecular weight is 480 g/mol. The van der Waals surface area contributed by atoms with Gasteiger partial charge in [0.2, 0.25) is 5.91 Å². The van der Waals surface area contributed by atoms with Gasteiger partial charge in [0.25, 0.3) is 11.8 Å². The molecule has 0 atom stereocenters. The minimum Gasteiger partial charge on any atom is -0.454 e. The lowest BCUT2D eigenvalue weighted by molar-refractivity contribution is -0.147. The molecule has 2 rings (SSSR count). The molecular weight excluding hydrogens is 457 g/mol. The molecule has 0 radical (unpaired) electrons. The quantitative estimate of drug-likeness (QED) is 0.503. The summed E-state index contributed by atoms with van der Waals surface area (Å²) in [7, 11) is 0. The van der Waals surface area contributed by atoms with E-state index in [1.165, 1.54) is 18.2 Å². The van der Waals surface area contributed by atoms with Crippen molar-refractivity contribution in [1.82, 2.24) is 10.6 Å². The van der Waals surface area contributed by atoms with Gasteiger partial charge in [-0.2, -0.15) is 0 Å². The van der Waals surface area contributed by atoms with Crippen molar-refractivity contribution in [3.05, 3.63) is 62.6 Å². The molecule has 170 valence electrons. The Labute approximate surface area is 195 Å². The molecule has 0 heterocycles. The molecule has 0 saturated carbocycles. The molecule has 10 heteroatoms. The zero-order valence-corrected chi connectivity index (χ0v) is 19.3. The number of carbonyl (C=O) groups is 4. The van der Waals surface area contributed by atoms with Gasteiger partial charge >= 0.3 is 5.97 Å². The standard InChI is InChI=1S/C22H23Cl2N3O5/c1-12-6-13(2)21(14(3)7-12)27-19(29)11-32-20(30)10-25-18(28)9-26-22(31)16-5-4-15(23)8-17(16)24/h4-8H,9-11H2,1-3H3,(H,25,28)(H,26,31)(H,27,29). The number of esters is 1. The third-order valence-corrected chi connectivity index (χ3v) is 4.87. The van der Waals surface area contributed by atoms with Crippen LogP contribution >= 0.6 is 23.2 Å². The number of ether oxygens (including phenoxy) is 1. The summed E-state index contributed by atoms with van der Waals surface area (Å²) in [6.07, 6.45) is 0. The largest absolute Gasteiger partial charge is 0.454 e. The number of nitrogens with one attached hydrogen (secondary N) is 3. The second kappa shape index (κ2) is 11.5. The average Bonchev–Trinajstić information content (AvgIpc) is 2.71. The molecule has 2 aromatic rings. The van der Waals surface area contributed by atoms with E-state index in [4.69, 9.17) is 27.9 Å². The first-order chi connectivity index (χ1) is 15.1. The summed E-state index contributed by atoms with van der Waals surface area (Å²) >= 11 is 11.7. The Bertz CT molecular complexity index is 1030. The zero-order chi connectivity index (χ0) is 23.8. The van der Waals surface area contributed by atoms with E-state index < -0.39 is 36.8 Å². The van der Waals surface area contributed by atoms with Crippen molar-refractivity contribution in [1.29, 1.82) is 0 Å². The molecule has 0 fully saturated rings. The van der Waals surface area contributed by atoms with Crippen LogP contribution in [0.5, 0.6) is 0 Å². The van der Waals surface area contributed by atoms with Crippen LogP contribution in [0.3, 0.4) is 0 Å². The van der Waals surface area contributed by atoms with Crippen LogP contribution in [0.1, 0.15) is 27.0 Å². The third kappa shape index (κ3) is 7.55. The van der Waals surface area contributed by atoms with Gasteiger partial charge in [0.1, 0.15) is 6.54 Å². The Kier molecular flexibility index (Phi) is 9.04. The van der Waals surface area contributed by atoms with E-state index in [9.17, 15) is 19.2 Å². The van der Waals surface area contributed by atoms with E-state index in [1.54, 1.807) is 0 Å². The molecule has 3 amide bonds. The molecule has 0 aliphatic carbocycles. The highest BCUT2D eigenvalue weighted by Crippen LogP contribution is 2.22. The van der Waals surface area contributed by atoms with Crippen molar-refractivity contribution in [3.63, 3.8) is 0 Å². The molecule has 2 aromatic carbocycles. The van der Waals surface area contributed by atoms with Gasteiger partial charge in [0.15, 0.2) is 6.61 Å². The van der Waals surface area contributed by atoms with E-state index in [1.807, 2.05) is 32.9 Å². The van der Waals surface area contributed by atoms with Gasteiger partial charge in [-0.1, -0.05) is 40.9 Å². The normalized spacial score (nSPS) is 10.3. The summed E-state index contributed by atoms with van der Waals surface area (Å²) in [5.41, 5.74) is 3.70. The van der Waals surface area contributed by atoms with E-state index in [0.717, 1.165) is 16.7 Å². The monoisotopic (exact) mass is 479 g/mol. The number of carbonyl (C=O) groups excluding carboxylic acids is 4. The number of benzene rings is 2. The smallest absolute Gasteiger partial charge is 0.325 e. The Hall–Kier alpha value is -3.10. The van der Waals surface area contributed by atoms with Crippen LogP contribution in [0, 0.1) is 20.8 Å². The number of anilines is 1. The summed E-state index contributed by atoms with van der Waals surface area (Å²) in [6.45, 7) is 4.38. The van der Waals surface area contributed by atoms with E-state index >= 15 is 0 Å². The molecule has 32 heavy (non-hydrogen) atoms. The van der Waals surface area contributed by atoms with Crippen LogP contribution in [-0.2, 0) is 19.1 Å². The van der Waals surface area contributed by atoms with Crippen molar-refractivity contribution in [2.45, 2.75) is 20.8 Å². The van der Waals surface area contributed by atoms with Gasteiger partial charge in [-0.25, -0.2) is 0 Å². The summed E-state index contributed by atoms with van der Waals surface area (Å²) in [4.78, 5) is 47.7. The lowest BCUT2D eigenvalue weighted by Crippen LogP contribution is -2.39. The zero-order valence-electron chi connectivity index (χ0n) is 17.8. The first-order valence-corrected chi connectivity index (χ1v) is 10.4.